The Hall–Kier alpha value is -3.73. The first-order chi connectivity index (χ1) is 15.3. The molecule has 3 aromatic rings. The number of rotatable bonds is 5. The van der Waals surface area contributed by atoms with Crippen LogP contribution in [0.4, 0.5) is 8.78 Å². The van der Waals surface area contributed by atoms with Crippen molar-refractivity contribution in [1.82, 2.24) is 14.8 Å². The van der Waals surface area contributed by atoms with E-state index in [9.17, 15) is 23.6 Å². The lowest BCUT2D eigenvalue weighted by Crippen LogP contribution is -2.31. The second-order valence-electron chi connectivity index (χ2n) is 8.04. The molecular weight excluding hydrogens is 414 g/mol. The number of benzene rings is 1. The molecule has 0 amide bonds. The monoisotopic (exact) mass is 434 g/mol. The van der Waals surface area contributed by atoms with Gasteiger partial charge in [0.2, 0.25) is 0 Å². The van der Waals surface area contributed by atoms with Crippen LogP contribution in [0.1, 0.15) is 53.0 Å². The molecule has 6 nitrogen and oxygen atoms in total. The Morgan fingerprint density at radius 1 is 1.16 bits per heavy atom. The van der Waals surface area contributed by atoms with Crippen LogP contribution in [0.15, 0.2) is 42.7 Å². The average molecular weight is 434 g/mol. The van der Waals surface area contributed by atoms with Crippen molar-refractivity contribution in [3.63, 3.8) is 0 Å². The molecule has 0 radical (unpaired) electrons. The van der Waals surface area contributed by atoms with E-state index in [1.54, 1.807) is 25.3 Å². The highest BCUT2D eigenvalue weighted by molar-refractivity contribution is 5.98. The highest BCUT2D eigenvalue weighted by Gasteiger charge is 2.37. The van der Waals surface area contributed by atoms with E-state index in [-0.39, 0.29) is 18.0 Å². The lowest BCUT2D eigenvalue weighted by molar-refractivity contribution is -0.121. The number of carbonyl (C=O) groups excluding carboxylic acids is 2. The summed E-state index contributed by atoms with van der Waals surface area (Å²) in [6, 6.07) is 9.27. The van der Waals surface area contributed by atoms with Gasteiger partial charge in [0.05, 0.1) is 34.9 Å². The Labute approximate surface area is 183 Å². The Morgan fingerprint density at radius 3 is 2.53 bits per heavy atom. The fourth-order valence-electron chi connectivity index (χ4n) is 4.03. The third kappa shape index (κ3) is 3.94. The van der Waals surface area contributed by atoms with Gasteiger partial charge in [-0.3, -0.25) is 14.6 Å². The number of carbonyl (C=O) groups is 2. The number of Topliss-reactive ketones (excluding diaryl/α,β-unsaturated/α-hetero) is 2. The molecule has 1 aromatic carbocycles. The maximum Gasteiger partial charge on any atom is 0.170 e. The number of hydrogen-bond donors (Lipinski definition) is 0. The number of aromatic nitrogens is 3. The van der Waals surface area contributed by atoms with Gasteiger partial charge in [-0.1, -0.05) is 6.07 Å². The Balaban J connectivity index is 1.51. The maximum atomic E-state index is 13.6. The molecule has 0 bridgehead atoms. The molecular formula is C24H20F2N4O2. The number of halogens is 2. The molecule has 1 saturated carbocycles. The summed E-state index contributed by atoms with van der Waals surface area (Å²) in [4.78, 5) is 28.8. The molecule has 0 spiro atoms. The highest BCUT2D eigenvalue weighted by Crippen LogP contribution is 2.36. The molecule has 1 aliphatic carbocycles. The zero-order valence-electron chi connectivity index (χ0n) is 17.4. The van der Waals surface area contributed by atoms with E-state index in [1.807, 2.05) is 0 Å². The molecule has 4 rings (SSSR count). The summed E-state index contributed by atoms with van der Waals surface area (Å²) in [6.45, 7) is 1.68. The summed E-state index contributed by atoms with van der Waals surface area (Å²) < 4.78 is 28.2. The quantitative estimate of drug-likeness (QED) is 0.562. The van der Waals surface area contributed by atoms with Gasteiger partial charge < -0.3 is 0 Å². The minimum atomic E-state index is -0.992. The normalized spacial score (nSPS) is 15.4. The van der Waals surface area contributed by atoms with E-state index in [1.165, 1.54) is 16.9 Å². The maximum absolute atomic E-state index is 13.6. The molecule has 32 heavy (non-hydrogen) atoms. The van der Waals surface area contributed by atoms with Crippen LogP contribution in [0.5, 0.6) is 0 Å². The van der Waals surface area contributed by atoms with E-state index in [2.05, 4.69) is 16.2 Å². The van der Waals surface area contributed by atoms with Crippen LogP contribution in [0.3, 0.4) is 0 Å². The topological polar surface area (TPSA) is 88.6 Å². The molecule has 2 heterocycles. The molecule has 0 N–H and O–H groups in total. The third-order valence-corrected chi connectivity index (χ3v) is 6.01. The summed E-state index contributed by atoms with van der Waals surface area (Å²) in [5, 5.41) is 13.8. The fourth-order valence-corrected chi connectivity index (χ4v) is 4.03. The van der Waals surface area contributed by atoms with Crippen molar-refractivity contribution in [3.05, 3.63) is 76.9 Å². The highest BCUT2D eigenvalue weighted by atomic mass is 19.2. The summed E-state index contributed by atoms with van der Waals surface area (Å²) in [6.07, 6.45) is 4.72. The van der Waals surface area contributed by atoms with Crippen molar-refractivity contribution in [2.24, 2.45) is 0 Å². The minimum absolute atomic E-state index is 0.0790. The van der Waals surface area contributed by atoms with Crippen molar-refractivity contribution in [2.75, 3.05) is 0 Å². The first kappa shape index (κ1) is 21.5. The molecule has 0 unspecified atom stereocenters. The predicted molar refractivity (Wildman–Crippen MR) is 111 cm³/mol. The third-order valence-electron chi connectivity index (χ3n) is 6.01. The number of ketones is 2. The average Bonchev–Trinajstić information content (AvgIpc) is 3.18. The van der Waals surface area contributed by atoms with Crippen molar-refractivity contribution >= 4 is 11.6 Å². The molecule has 162 valence electrons. The van der Waals surface area contributed by atoms with Gasteiger partial charge in [0.15, 0.2) is 17.4 Å². The van der Waals surface area contributed by atoms with Gasteiger partial charge in [-0.15, -0.1) is 0 Å². The minimum Gasteiger partial charge on any atom is -0.300 e. The van der Waals surface area contributed by atoms with Crippen LogP contribution in [-0.4, -0.2) is 26.3 Å². The van der Waals surface area contributed by atoms with Crippen LogP contribution < -0.4 is 0 Å². The van der Waals surface area contributed by atoms with Crippen molar-refractivity contribution in [2.45, 2.75) is 44.4 Å². The van der Waals surface area contributed by atoms with Crippen molar-refractivity contribution < 1.29 is 18.4 Å². The fraction of sp³-hybridized carbons (Fsp3) is 0.292. The molecule has 0 atom stereocenters. The van der Waals surface area contributed by atoms with Gasteiger partial charge in [0.25, 0.3) is 0 Å². The van der Waals surface area contributed by atoms with Gasteiger partial charge in [0.1, 0.15) is 11.2 Å². The molecule has 1 aliphatic rings. The summed E-state index contributed by atoms with van der Waals surface area (Å²) >= 11 is 0. The van der Waals surface area contributed by atoms with Crippen LogP contribution in [0, 0.1) is 29.9 Å². The largest absolute Gasteiger partial charge is 0.300 e. The van der Waals surface area contributed by atoms with E-state index < -0.39 is 17.0 Å². The second-order valence-corrected chi connectivity index (χ2v) is 8.04. The summed E-state index contributed by atoms with van der Waals surface area (Å²) in [7, 11) is 0. The number of hydrogen-bond acceptors (Lipinski definition) is 5. The van der Waals surface area contributed by atoms with Crippen LogP contribution in [0.2, 0.25) is 0 Å². The van der Waals surface area contributed by atoms with Gasteiger partial charge in [-0.2, -0.15) is 10.4 Å². The van der Waals surface area contributed by atoms with Crippen LogP contribution in [0.25, 0.3) is 5.69 Å². The van der Waals surface area contributed by atoms with E-state index in [0.29, 0.717) is 53.9 Å². The smallest absolute Gasteiger partial charge is 0.170 e. The van der Waals surface area contributed by atoms with Gasteiger partial charge in [-0.25, -0.2) is 13.5 Å². The first-order valence-electron chi connectivity index (χ1n) is 10.2. The second kappa shape index (κ2) is 8.42. The summed E-state index contributed by atoms with van der Waals surface area (Å²) in [5.74, 6) is -1.97. The SMILES string of the molecule is Cc1c(C(=O)Cc2ccc(C3(C#N)CCC(=O)CC3)nc2)cnn1-c1ccc(F)c(F)c1. The van der Waals surface area contributed by atoms with Gasteiger partial charge in [-0.05, 0) is 43.5 Å². The van der Waals surface area contributed by atoms with Crippen molar-refractivity contribution in [1.29, 1.82) is 5.26 Å². The van der Waals surface area contributed by atoms with E-state index in [4.69, 9.17) is 0 Å². The number of pyridine rings is 1. The van der Waals surface area contributed by atoms with Gasteiger partial charge >= 0.3 is 0 Å². The lowest BCUT2D eigenvalue weighted by atomic mass is 9.72. The molecule has 2 aromatic heterocycles. The Morgan fingerprint density at radius 2 is 1.91 bits per heavy atom. The standard InChI is InChI=1S/C24H20F2N4O2/c1-15-19(13-29-30(15)17-3-4-20(25)21(26)11-17)22(32)10-16-2-5-23(28-12-16)24(14-27)8-6-18(31)7-9-24/h2-5,11-13H,6-10H2,1H3. The molecule has 0 saturated heterocycles. The predicted octanol–water partition coefficient (Wildman–Crippen LogP) is 4.18. The Bertz CT molecular complexity index is 1230. The molecule has 1 fully saturated rings. The molecule has 8 heteroatoms. The van der Waals surface area contributed by atoms with Crippen LogP contribution in [-0.2, 0) is 16.6 Å². The zero-order chi connectivity index (χ0) is 22.9. The Kier molecular flexibility index (Phi) is 5.66. The summed E-state index contributed by atoms with van der Waals surface area (Å²) in [5.41, 5.74) is 1.74. The van der Waals surface area contributed by atoms with Crippen LogP contribution >= 0.6 is 0 Å². The lowest BCUT2D eigenvalue weighted by Gasteiger charge is -2.29. The van der Waals surface area contributed by atoms with E-state index in [0.717, 1.165) is 12.1 Å². The van der Waals surface area contributed by atoms with Gasteiger partial charge in [0, 0.05) is 31.5 Å². The number of nitrogens with zero attached hydrogens (tertiary/aromatic N) is 4. The number of nitriles is 1. The van der Waals surface area contributed by atoms with E-state index >= 15 is 0 Å². The zero-order valence-corrected chi connectivity index (χ0v) is 17.4. The van der Waals surface area contributed by atoms with Crippen molar-refractivity contribution in [3.8, 4) is 11.8 Å². The first-order valence-corrected chi connectivity index (χ1v) is 10.2. The molecule has 0 aliphatic heterocycles.